The number of hydrogen-bond acceptors (Lipinski definition) is 6. The van der Waals surface area contributed by atoms with Crippen molar-refractivity contribution in [1.82, 2.24) is 0 Å². The molecular formula is C19H18ClNO6. The van der Waals surface area contributed by atoms with E-state index in [1.54, 1.807) is 36.4 Å². The summed E-state index contributed by atoms with van der Waals surface area (Å²) >= 11 is 6.00. The Hall–Kier alpha value is -3.06. The number of carbonyl (C=O) groups is 3. The summed E-state index contributed by atoms with van der Waals surface area (Å²) in [7, 11) is 1.49. The quantitative estimate of drug-likeness (QED) is 0.549. The molecule has 142 valence electrons. The van der Waals surface area contributed by atoms with Gasteiger partial charge in [0, 0.05) is 11.3 Å². The highest BCUT2D eigenvalue weighted by Gasteiger charge is 2.18. The van der Waals surface area contributed by atoms with E-state index in [9.17, 15) is 14.4 Å². The summed E-state index contributed by atoms with van der Waals surface area (Å²) in [6, 6.07) is 11.0. The Morgan fingerprint density at radius 1 is 1.19 bits per heavy atom. The van der Waals surface area contributed by atoms with E-state index in [1.165, 1.54) is 20.1 Å². The summed E-state index contributed by atoms with van der Waals surface area (Å²) in [4.78, 5) is 34.5. The molecule has 0 radical (unpaired) electrons. The Bertz CT molecular complexity index is 821. The van der Waals surface area contributed by atoms with Crippen LogP contribution in [0.1, 0.15) is 17.3 Å². The molecule has 8 heteroatoms. The highest BCUT2D eigenvalue weighted by Crippen LogP contribution is 2.27. The third-order valence-electron chi connectivity index (χ3n) is 3.47. The minimum Gasteiger partial charge on any atom is -0.495 e. The highest BCUT2D eigenvalue weighted by molar-refractivity contribution is 6.32. The van der Waals surface area contributed by atoms with Crippen LogP contribution in [-0.4, -0.2) is 38.0 Å². The Morgan fingerprint density at radius 2 is 1.89 bits per heavy atom. The first-order chi connectivity index (χ1) is 12.9. The van der Waals surface area contributed by atoms with Crippen molar-refractivity contribution >= 4 is 35.5 Å². The summed E-state index contributed by atoms with van der Waals surface area (Å²) < 4.78 is 15.3. The van der Waals surface area contributed by atoms with Crippen molar-refractivity contribution < 1.29 is 28.6 Å². The van der Waals surface area contributed by atoms with Crippen molar-refractivity contribution in [2.24, 2.45) is 0 Å². The maximum atomic E-state index is 12.1. The van der Waals surface area contributed by atoms with Crippen molar-refractivity contribution in [3.05, 3.63) is 53.1 Å². The zero-order chi connectivity index (χ0) is 19.8. The summed E-state index contributed by atoms with van der Waals surface area (Å²) in [5.74, 6) is -0.334. The summed E-state index contributed by atoms with van der Waals surface area (Å²) in [5, 5.41) is 2.94. The second kappa shape index (κ2) is 9.59. The number of amides is 1. The van der Waals surface area contributed by atoms with Gasteiger partial charge in [-0.05, 0) is 49.4 Å². The van der Waals surface area contributed by atoms with Gasteiger partial charge in [-0.25, -0.2) is 4.79 Å². The molecule has 27 heavy (non-hydrogen) atoms. The van der Waals surface area contributed by atoms with E-state index in [0.29, 0.717) is 34.1 Å². The van der Waals surface area contributed by atoms with Gasteiger partial charge in [0.05, 0.1) is 12.1 Å². The summed E-state index contributed by atoms with van der Waals surface area (Å²) in [6.07, 6.45) is -0.326. The van der Waals surface area contributed by atoms with Crippen LogP contribution < -0.4 is 14.8 Å². The molecule has 0 fully saturated rings. The van der Waals surface area contributed by atoms with Crippen LogP contribution in [0.2, 0.25) is 5.02 Å². The molecule has 1 amide bonds. The Labute approximate surface area is 161 Å². The van der Waals surface area contributed by atoms with Gasteiger partial charge in [-0.2, -0.15) is 0 Å². The topological polar surface area (TPSA) is 90.9 Å². The van der Waals surface area contributed by atoms with Crippen LogP contribution in [0, 0.1) is 0 Å². The number of hydrogen-bond donors (Lipinski definition) is 1. The summed E-state index contributed by atoms with van der Waals surface area (Å²) in [6.45, 7) is 1.07. The number of halogens is 1. The summed E-state index contributed by atoms with van der Waals surface area (Å²) in [5.41, 5.74) is 0.939. The van der Waals surface area contributed by atoms with E-state index >= 15 is 0 Å². The number of benzene rings is 2. The molecule has 0 aliphatic heterocycles. The Morgan fingerprint density at radius 3 is 2.48 bits per heavy atom. The number of rotatable bonds is 8. The third-order valence-corrected chi connectivity index (χ3v) is 3.77. The van der Waals surface area contributed by atoms with Gasteiger partial charge in [0.25, 0.3) is 5.91 Å². The van der Waals surface area contributed by atoms with Crippen LogP contribution in [0.25, 0.3) is 0 Å². The fraction of sp³-hybridized carbons (Fsp3) is 0.211. The number of aldehydes is 1. The van der Waals surface area contributed by atoms with Crippen LogP contribution in [0.4, 0.5) is 5.69 Å². The van der Waals surface area contributed by atoms with Gasteiger partial charge in [-0.15, -0.1) is 0 Å². The Kier molecular flexibility index (Phi) is 7.19. The van der Waals surface area contributed by atoms with Crippen LogP contribution in [0.3, 0.4) is 0 Å². The molecule has 2 rings (SSSR count). The van der Waals surface area contributed by atoms with E-state index in [2.05, 4.69) is 5.32 Å². The molecule has 2 aromatic carbocycles. The lowest BCUT2D eigenvalue weighted by atomic mass is 10.2. The molecule has 0 saturated carbocycles. The van der Waals surface area contributed by atoms with Gasteiger partial charge >= 0.3 is 5.97 Å². The zero-order valence-corrected chi connectivity index (χ0v) is 15.5. The maximum absolute atomic E-state index is 12.1. The average molecular weight is 392 g/mol. The predicted octanol–water partition coefficient (Wildman–Crippen LogP) is 3.11. The van der Waals surface area contributed by atoms with Crippen LogP contribution in [-0.2, 0) is 14.3 Å². The molecule has 0 spiro atoms. The predicted molar refractivity (Wildman–Crippen MR) is 99.5 cm³/mol. The molecule has 0 heterocycles. The minimum absolute atomic E-state index is 0.342. The van der Waals surface area contributed by atoms with E-state index in [0.717, 1.165) is 0 Å². The molecule has 0 saturated heterocycles. The van der Waals surface area contributed by atoms with E-state index in [-0.39, 0.29) is 6.61 Å². The molecular weight excluding hydrogens is 374 g/mol. The van der Waals surface area contributed by atoms with Crippen LogP contribution in [0.15, 0.2) is 42.5 Å². The van der Waals surface area contributed by atoms with Gasteiger partial charge in [0.1, 0.15) is 17.8 Å². The molecule has 0 aliphatic rings. The molecule has 0 aliphatic carbocycles. The monoisotopic (exact) mass is 391 g/mol. The lowest BCUT2D eigenvalue weighted by Crippen LogP contribution is -2.31. The van der Waals surface area contributed by atoms with Crippen molar-refractivity contribution in [1.29, 1.82) is 0 Å². The lowest BCUT2D eigenvalue weighted by Gasteiger charge is -2.14. The van der Waals surface area contributed by atoms with Gasteiger partial charge < -0.3 is 19.5 Å². The number of methoxy groups -OCH3 is 1. The number of carbonyl (C=O) groups excluding carboxylic acids is 3. The smallest absolute Gasteiger partial charge is 0.344 e. The lowest BCUT2D eigenvalue weighted by molar-refractivity contribution is -0.155. The first kappa shape index (κ1) is 20.3. The van der Waals surface area contributed by atoms with E-state index in [1.807, 2.05) is 0 Å². The van der Waals surface area contributed by atoms with E-state index < -0.39 is 18.0 Å². The molecule has 2 aromatic rings. The molecule has 1 atom stereocenters. The second-order valence-electron chi connectivity index (χ2n) is 5.45. The van der Waals surface area contributed by atoms with Crippen molar-refractivity contribution in [2.45, 2.75) is 13.0 Å². The van der Waals surface area contributed by atoms with Gasteiger partial charge in [-0.3, -0.25) is 9.59 Å². The molecule has 0 unspecified atom stereocenters. The first-order valence-electron chi connectivity index (χ1n) is 7.95. The number of ether oxygens (including phenoxy) is 3. The highest BCUT2D eigenvalue weighted by atomic mass is 35.5. The largest absolute Gasteiger partial charge is 0.495 e. The van der Waals surface area contributed by atoms with Crippen LogP contribution in [0.5, 0.6) is 11.5 Å². The van der Waals surface area contributed by atoms with Crippen molar-refractivity contribution in [3.63, 3.8) is 0 Å². The standard InChI is InChI=1S/C19H18ClNO6/c1-12(19(24)21-14-5-8-17(25-2)16(20)9-14)27-18(23)11-26-15-6-3-13(10-22)4-7-15/h3-10,12H,11H2,1-2H3,(H,21,24)/t12-/m0/s1. The second-order valence-corrected chi connectivity index (χ2v) is 5.85. The van der Waals surface area contributed by atoms with Gasteiger partial charge in [0.2, 0.25) is 0 Å². The van der Waals surface area contributed by atoms with Crippen molar-refractivity contribution in [3.8, 4) is 11.5 Å². The number of nitrogens with one attached hydrogen (secondary N) is 1. The van der Waals surface area contributed by atoms with Crippen molar-refractivity contribution in [2.75, 3.05) is 19.0 Å². The van der Waals surface area contributed by atoms with Gasteiger partial charge in [0.15, 0.2) is 12.7 Å². The number of anilines is 1. The SMILES string of the molecule is COc1ccc(NC(=O)[C@H](C)OC(=O)COc2ccc(C=O)cc2)cc1Cl. The maximum Gasteiger partial charge on any atom is 0.344 e. The molecule has 0 aromatic heterocycles. The fourth-order valence-electron chi connectivity index (χ4n) is 2.06. The van der Waals surface area contributed by atoms with E-state index in [4.69, 9.17) is 25.8 Å². The molecule has 7 nitrogen and oxygen atoms in total. The van der Waals surface area contributed by atoms with Crippen LogP contribution >= 0.6 is 11.6 Å². The third kappa shape index (κ3) is 6.00. The fourth-order valence-corrected chi connectivity index (χ4v) is 2.32. The number of esters is 1. The molecule has 0 bridgehead atoms. The first-order valence-corrected chi connectivity index (χ1v) is 8.32. The zero-order valence-electron chi connectivity index (χ0n) is 14.7. The average Bonchev–Trinajstić information content (AvgIpc) is 2.66. The Balaban J connectivity index is 1.82. The minimum atomic E-state index is -1.03. The van der Waals surface area contributed by atoms with Gasteiger partial charge in [-0.1, -0.05) is 11.6 Å². The molecule has 1 N–H and O–H groups in total. The normalized spacial score (nSPS) is 11.2.